The molecule has 4 nitrogen and oxygen atoms in total. The Morgan fingerprint density at radius 2 is 2.25 bits per heavy atom. The molecule has 0 unspecified atom stereocenters. The molecule has 0 spiro atoms. The van der Waals surface area contributed by atoms with Gasteiger partial charge in [-0.2, -0.15) is 0 Å². The zero-order valence-corrected chi connectivity index (χ0v) is 11.6. The molecule has 0 fully saturated rings. The maximum atomic E-state index is 11.9. The van der Waals surface area contributed by atoms with Gasteiger partial charge in [-0.05, 0) is 36.8 Å². The summed E-state index contributed by atoms with van der Waals surface area (Å²) in [4.78, 5) is 14.7. The standard InChI is InChI=1S/C15H13ClN2O2/c1-10-7-13(5-4-11(10)3-2-6-19)18-15(20)14-8-12(16)9-17-14/h4-5,7-9,17,19H,6H2,1H3,(H,18,20). The zero-order valence-electron chi connectivity index (χ0n) is 10.8. The number of carbonyl (C=O) groups excluding carboxylic acids is 1. The average Bonchev–Trinajstić information content (AvgIpc) is 2.85. The first-order valence-corrected chi connectivity index (χ1v) is 6.33. The van der Waals surface area contributed by atoms with Crippen molar-refractivity contribution in [2.75, 3.05) is 11.9 Å². The number of halogens is 1. The molecule has 0 atom stereocenters. The molecule has 0 aliphatic rings. The molecular weight excluding hydrogens is 276 g/mol. The van der Waals surface area contributed by atoms with E-state index in [-0.39, 0.29) is 12.5 Å². The van der Waals surface area contributed by atoms with Gasteiger partial charge in [-0.25, -0.2) is 0 Å². The molecule has 2 aromatic rings. The fourth-order valence-corrected chi connectivity index (χ4v) is 1.88. The Morgan fingerprint density at radius 1 is 1.45 bits per heavy atom. The molecule has 0 saturated heterocycles. The summed E-state index contributed by atoms with van der Waals surface area (Å²) in [7, 11) is 0. The summed E-state index contributed by atoms with van der Waals surface area (Å²) in [5.74, 6) is 5.18. The molecule has 102 valence electrons. The Morgan fingerprint density at radius 3 is 2.85 bits per heavy atom. The minimum absolute atomic E-state index is 0.175. The molecule has 0 saturated carbocycles. The van der Waals surface area contributed by atoms with E-state index in [1.54, 1.807) is 24.4 Å². The van der Waals surface area contributed by atoms with Crippen LogP contribution in [0.1, 0.15) is 21.6 Å². The van der Waals surface area contributed by atoms with E-state index in [9.17, 15) is 4.79 Å². The lowest BCUT2D eigenvalue weighted by molar-refractivity contribution is 0.102. The molecule has 1 heterocycles. The van der Waals surface area contributed by atoms with Gasteiger partial charge in [0.2, 0.25) is 0 Å². The van der Waals surface area contributed by atoms with Crippen molar-refractivity contribution < 1.29 is 9.90 Å². The van der Waals surface area contributed by atoms with E-state index in [1.807, 2.05) is 13.0 Å². The van der Waals surface area contributed by atoms with E-state index in [2.05, 4.69) is 22.1 Å². The van der Waals surface area contributed by atoms with Crippen LogP contribution in [-0.2, 0) is 0 Å². The molecule has 1 aromatic heterocycles. The van der Waals surface area contributed by atoms with E-state index < -0.39 is 0 Å². The second-order valence-corrected chi connectivity index (χ2v) is 4.61. The molecule has 1 aromatic carbocycles. The number of nitrogens with one attached hydrogen (secondary N) is 2. The second kappa shape index (κ2) is 6.29. The average molecular weight is 289 g/mol. The minimum Gasteiger partial charge on any atom is -0.384 e. The van der Waals surface area contributed by atoms with Crippen molar-refractivity contribution in [1.29, 1.82) is 0 Å². The molecule has 2 rings (SSSR count). The Balaban J connectivity index is 2.14. The number of aliphatic hydroxyl groups excluding tert-OH is 1. The highest BCUT2D eigenvalue weighted by molar-refractivity contribution is 6.31. The molecule has 0 aliphatic carbocycles. The monoisotopic (exact) mass is 288 g/mol. The number of amides is 1. The fourth-order valence-electron chi connectivity index (χ4n) is 1.71. The third-order valence-electron chi connectivity index (χ3n) is 2.68. The summed E-state index contributed by atoms with van der Waals surface area (Å²) >= 11 is 5.76. The van der Waals surface area contributed by atoms with Crippen molar-refractivity contribution in [1.82, 2.24) is 4.98 Å². The molecule has 5 heteroatoms. The van der Waals surface area contributed by atoms with Crippen LogP contribution in [0, 0.1) is 18.8 Å². The highest BCUT2D eigenvalue weighted by atomic mass is 35.5. The van der Waals surface area contributed by atoms with Gasteiger partial charge in [0.25, 0.3) is 5.91 Å². The van der Waals surface area contributed by atoms with Gasteiger partial charge in [-0.3, -0.25) is 4.79 Å². The lowest BCUT2D eigenvalue weighted by atomic mass is 10.1. The van der Waals surface area contributed by atoms with E-state index in [0.717, 1.165) is 11.1 Å². The molecule has 0 radical (unpaired) electrons. The minimum atomic E-state index is -0.259. The summed E-state index contributed by atoms with van der Waals surface area (Å²) in [6.45, 7) is 1.72. The number of aryl methyl sites for hydroxylation is 1. The first-order valence-electron chi connectivity index (χ1n) is 5.96. The molecule has 3 N–H and O–H groups in total. The predicted molar refractivity (Wildman–Crippen MR) is 78.9 cm³/mol. The number of rotatable bonds is 2. The summed E-state index contributed by atoms with van der Waals surface area (Å²) in [5, 5.41) is 11.9. The van der Waals surface area contributed by atoms with E-state index in [4.69, 9.17) is 16.7 Å². The Kier molecular flexibility index (Phi) is 4.46. The number of anilines is 1. The normalized spacial score (nSPS) is 9.75. The zero-order chi connectivity index (χ0) is 14.5. The van der Waals surface area contributed by atoms with Gasteiger partial charge in [0.1, 0.15) is 12.3 Å². The maximum Gasteiger partial charge on any atom is 0.272 e. The van der Waals surface area contributed by atoms with Gasteiger partial charge >= 0.3 is 0 Å². The van der Waals surface area contributed by atoms with Crippen LogP contribution in [-0.4, -0.2) is 22.6 Å². The number of benzene rings is 1. The van der Waals surface area contributed by atoms with Gasteiger partial charge in [0.15, 0.2) is 0 Å². The molecule has 1 amide bonds. The Labute approximate surface area is 121 Å². The van der Waals surface area contributed by atoms with Gasteiger partial charge in [0.05, 0.1) is 5.02 Å². The smallest absolute Gasteiger partial charge is 0.272 e. The van der Waals surface area contributed by atoms with Crippen LogP contribution in [0.2, 0.25) is 5.02 Å². The number of hydrogen-bond acceptors (Lipinski definition) is 2. The van der Waals surface area contributed by atoms with Crippen LogP contribution in [0.25, 0.3) is 0 Å². The summed E-state index contributed by atoms with van der Waals surface area (Å²) < 4.78 is 0. The van der Waals surface area contributed by atoms with Crippen molar-refractivity contribution in [3.05, 3.63) is 52.3 Å². The molecule has 0 aliphatic heterocycles. The van der Waals surface area contributed by atoms with Crippen LogP contribution in [0.3, 0.4) is 0 Å². The number of hydrogen-bond donors (Lipinski definition) is 3. The van der Waals surface area contributed by atoms with Crippen LogP contribution in [0.4, 0.5) is 5.69 Å². The van der Waals surface area contributed by atoms with E-state index >= 15 is 0 Å². The van der Waals surface area contributed by atoms with Crippen LogP contribution in [0.5, 0.6) is 0 Å². The third kappa shape index (κ3) is 3.41. The van der Waals surface area contributed by atoms with Gasteiger partial charge in [0, 0.05) is 17.4 Å². The largest absolute Gasteiger partial charge is 0.384 e. The van der Waals surface area contributed by atoms with Crippen LogP contribution >= 0.6 is 11.6 Å². The third-order valence-corrected chi connectivity index (χ3v) is 2.90. The van der Waals surface area contributed by atoms with Crippen LogP contribution in [0.15, 0.2) is 30.5 Å². The number of H-pyrrole nitrogens is 1. The Hall–Kier alpha value is -2.22. The van der Waals surface area contributed by atoms with Crippen molar-refractivity contribution in [3.63, 3.8) is 0 Å². The van der Waals surface area contributed by atoms with Crippen molar-refractivity contribution >= 4 is 23.2 Å². The van der Waals surface area contributed by atoms with E-state index in [0.29, 0.717) is 16.4 Å². The maximum absolute atomic E-state index is 11.9. The topological polar surface area (TPSA) is 65.1 Å². The summed E-state index contributed by atoms with van der Waals surface area (Å²) in [5.41, 5.74) is 2.82. The van der Waals surface area contributed by atoms with Crippen molar-refractivity contribution in [2.24, 2.45) is 0 Å². The summed E-state index contributed by atoms with van der Waals surface area (Å²) in [6, 6.07) is 6.95. The lowest BCUT2D eigenvalue weighted by Gasteiger charge is -2.06. The predicted octanol–water partition coefficient (Wildman–Crippen LogP) is 2.57. The van der Waals surface area contributed by atoms with Gasteiger partial charge in [-0.1, -0.05) is 23.4 Å². The first kappa shape index (κ1) is 14.2. The number of aromatic amines is 1. The second-order valence-electron chi connectivity index (χ2n) is 4.18. The molecule has 0 bridgehead atoms. The van der Waals surface area contributed by atoms with E-state index in [1.165, 1.54) is 0 Å². The van der Waals surface area contributed by atoms with Gasteiger partial charge in [-0.15, -0.1) is 0 Å². The SMILES string of the molecule is Cc1cc(NC(=O)c2cc(Cl)c[nH]2)ccc1C#CCO. The number of aromatic nitrogens is 1. The lowest BCUT2D eigenvalue weighted by Crippen LogP contribution is -2.12. The number of aliphatic hydroxyl groups is 1. The highest BCUT2D eigenvalue weighted by Gasteiger charge is 2.08. The first-order chi connectivity index (χ1) is 9.60. The fraction of sp³-hybridized carbons (Fsp3) is 0.133. The molecule has 20 heavy (non-hydrogen) atoms. The molecular formula is C15H13ClN2O2. The van der Waals surface area contributed by atoms with Crippen molar-refractivity contribution in [2.45, 2.75) is 6.92 Å². The quantitative estimate of drug-likeness (QED) is 0.744. The van der Waals surface area contributed by atoms with Crippen molar-refractivity contribution in [3.8, 4) is 11.8 Å². The van der Waals surface area contributed by atoms with Crippen LogP contribution < -0.4 is 5.32 Å². The van der Waals surface area contributed by atoms with Gasteiger partial charge < -0.3 is 15.4 Å². The number of carbonyl (C=O) groups is 1. The highest BCUT2D eigenvalue weighted by Crippen LogP contribution is 2.16. The summed E-state index contributed by atoms with van der Waals surface area (Å²) in [6.07, 6.45) is 1.55. The Bertz CT molecular complexity index is 695.